The van der Waals surface area contributed by atoms with Gasteiger partial charge in [0.2, 0.25) is 0 Å². The average Bonchev–Trinajstić information content (AvgIpc) is 2.66. The van der Waals surface area contributed by atoms with Crippen molar-refractivity contribution in [2.45, 2.75) is 45.1 Å². The first-order valence-corrected chi connectivity index (χ1v) is 9.25. The number of nitrogens with zero attached hydrogens (tertiary/aromatic N) is 3. The third-order valence-corrected chi connectivity index (χ3v) is 4.99. The van der Waals surface area contributed by atoms with E-state index in [4.69, 9.17) is 0 Å². The van der Waals surface area contributed by atoms with E-state index in [0.29, 0.717) is 11.8 Å². The maximum absolute atomic E-state index is 10.1. The van der Waals surface area contributed by atoms with Crippen molar-refractivity contribution in [2.24, 2.45) is 0 Å². The highest BCUT2D eigenvalue weighted by molar-refractivity contribution is 5.65. The van der Waals surface area contributed by atoms with Crippen LogP contribution in [-0.2, 0) is 6.42 Å². The van der Waals surface area contributed by atoms with Crippen molar-refractivity contribution >= 4 is 5.82 Å². The number of rotatable bonds is 6. The Morgan fingerprint density at radius 3 is 2.84 bits per heavy atom. The molecule has 2 heterocycles. The molecule has 1 atom stereocenters. The molecule has 0 radical (unpaired) electrons. The van der Waals surface area contributed by atoms with E-state index in [1.165, 1.54) is 19.3 Å². The van der Waals surface area contributed by atoms with E-state index in [1.54, 1.807) is 12.4 Å². The summed E-state index contributed by atoms with van der Waals surface area (Å²) < 4.78 is 0. The summed E-state index contributed by atoms with van der Waals surface area (Å²) >= 11 is 0. The van der Waals surface area contributed by atoms with Gasteiger partial charge in [0.05, 0.1) is 5.69 Å². The summed E-state index contributed by atoms with van der Waals surface area (Å²) in [6, 6.07) is 8.36. The van der Waals surface area contributed by atoms with Gasteiger partial charge >= 0.3 is 0 Å². The van der Waals surface area contributed by atoms with Gasteiger partial charge in [-0.25, -0.2) is 9.97 Å². The van der Waals surface area contributed by atoms with Gasteiger partial charge in [-0.05, 0) is 62.9 Å². The average molecular weight is 340 g/mol. The Bertz CT molecular complexity index is 698. The van der Waals surface area contributed by atoms with Crippen LogP contribution in [0.15, 0.2) is 30.6 Å². The molecular formula is C20H28N4O. The first-order chi connectivity index (χ1) is 12.2. The van der Waals surface area contributed by atoms with Crippen LogP contribution < -0.4 is 10.2 Å². The highest BCUT2D eigenvalue weighted by atomic mass is 16.3. The maximum atomic E-state index is 10.1. The van der Waals surface area contributed by atoms with E-state index in [2.05, 4.69) is 33.2 Å². The van der Waals surface area contributed by atoms with Crippen molar-refractivity contribution in [1.82, 2.24) is 15.3 Å². The second-order valence-electron chi connectivity index (χ2n) is 6.85. The van der Waals surface area contributed by atoms with Crippen LogP contribution in [0.2, 0.25) is 0 Å². The standard InChI is InChI=1S/C20H28N4O/c1-3-24(2)20-13-19(22-14-23-20)16-10-15(11-18(25)12-16)7-8-17-6-4-5-9-21-17/h10-14,17,21,25H,3-9H2,1-2H3/t17-/m0/s1. The number of phenols is 1. The van der Waals surface area contributed by atoms with E-state index in [9.17, 15) is 5.11 Å². The molecule has 2 N–H and O–H groups in total. The molecule has 5 nitrogen and oxygen atoms in total. The molecule has 25 heavy (non-hydrogen) atoms. The van der Waals surface area contributed by atoms with Gasteiger partial charge in [0, 0.05) is 31.3 Å². The summed E-state index contributed by atoms with van der Waals surface area (Å²) in [6.07, 6.45) is 7.52. The lowest BCUT2D eigenvalue weighted by atomic mass is 9.96. The minimum Gasteiger partial charge on any atom is -0.508 e. The highest BCUT2D eigenvalue weighted by Gasteiger charge is 2.13. The van der Waals surface area contributed by atoms with E-state index in [1.807, 2.05) is 19.2 Å². The fourth-order valence-electron chi connectivity index (χ4n) is 3.35. The summed E-state index contributed by atoms with van der Waals surface area (Å²) in [5.41, 5.74) is 2.95. The van der Waals surface area contributed by atoms with Crippen LogP contribution in [0.5, 0.6) is 5.75 Å². The lowest BCUT2D eigenvalue weighted by Gasteiger charge is -2.23. The van der Waals surface area contributed by atoms with E-state index < -0.39 is 0 Å². The van der Waals surface area contributed by atoms with Gasteiger partial charge in [-0.2, -0.15) is 0 Å². The number of hydrogen-bond donors (Lipinski definition) is 2. The molecule has 2 aromatic rings. The summed E-state index contributed by atoms with van der Waals surface area (Å²) in [6.45, 7) is 4.11. The van der Waals surface area contributed by atoms with Crippen LogP contribution in [0.1, 0.15) is 38.2 Å². The van der Waals surface area contributed by atoms with Gasteiger partial charge < -0.3 is 15.3 Å². The predicted octanol–water partition coefficient (Wildman–Crippen LogP) is 3.38. The van der Waals surface area contributed by atoms with Gasteiger partial charge in [-0.1, -0.05) is 6.42 Å². The molecule has 0 unspecified atom stereocenters. The Kier molecular flexibility index (Phi) is 5.87. The number of aryl methyl sites for hydroxylation is 1. The van der Waals surface area contributed by atoms with Crippen molar-refractivity contribution in [1.29, 1.82) is 0 Å². The maximum Gasteiger partial charge on any atom is 0.132 e. The van der Waals surface area contributed by atoms with Crippen molar-refractivity contribution < 1.29 is 5.11 Å². The predicted molar refractivity (Wildman–Crippen MR) is 102 cm³/mol. The number of phenolic OH excluding ortho intramolecular Hbond substituents is 1. The monoisotopic (exact) mass is 340 g/mol. The molecule has 1 aliphatic rings. The number of nitrogens with one attached hydrogen (secondary N) is 1. The van der Waals surface area contributed by atoms with E-state index in [0.717, 1.165) is 48.6 Å². The van der Waals surface area contributed by atoms with Gasteiger partial charge in [0.1, 0.15) is 17.9 Å². The number of hydrogen-bond acceptors (Lipinski definition) is 5. The van der Waals surface area contributed by atoms with Gasteiger partial charge in [0.15, 0.2) is 0 Å². The van der Waals surface area contributed by atoms with Crippen LogP contribution in [0.4, 0.5) is 5.82 Å². The topological polar surface area (TPSA) is 61.3 Å². The molecule has 1 fully saturated rings. The highest BCUT2D eigenvalue weighted by Crippen LogP contribution is 2.27. The molecule has 1 aromatic carbocycles. The second kappa shape index (κ2) is 8.30. The molecule has 1 aliphatic heterocycles. The minimum atomic E-state index is 0.299. The smallest absolute Gasteiger partial charge is 0.132 e. The zero-order valence-corrected chi connectivity index (χ0v) is 15.2. The van der Waals surface area contributed by atoms with Gasteiger partial charge in [-0.15, -0.1) is 0 Å². The third-order valence-electron chi connectivity index (χ3n) is 4.99. The molecule has 134 valence electrons. The van der Waals surface area contributed by atoms with Crippen molar-refractivity contribution in [2.75, 3.05) is 25.0 Å². The number of piperidine rings is 1. The Balaban J connectivity index is 1.77. The summed E-state index contributed by atoms with van der Waals surface area (Å²) in [5.74, 6) is 1.19. The minimum absolute atomic E-state index is 0.299. The molecule has 0 spiro atoms. The van der Waals surface area contributed by atoms with Crippen LogP contribution in [-0.4, -0.2) is 41.3 Å². The quantitative estimate of drug-likeness (QED) is 0.844. The number of aromatic hydroxyl groups is 1. The Morgan fingerprint density at radius 2 is 2.08 bits per heavy atom. The zero-order valence-electron chi connectivity index (χ0n) is 15.2. The first kappa shape index (κ1) is 17.7. The molecule has 0 aliphatic carbocycles. The van der Waals surface area contributed by atoms with Crippen LogP contribution >= 0.6 is 0 Å². The van der Waals surface area contributed by atoms with Crippen molar-refractivity contribution in [3.05, 3.63) is 36.2 Å². The SMILES string of the molecule is CCN(C)c1cc(-c2cc(O)cc(CC[C@@H]3CCCCN3)c2)ncn1. The Hall–Kier alpha value is -2.14. The Morgan fingerprint density at radius 1 is 1.20 bits per heavy atom. The normalized spacial score (nSPS) is 17.4. The largest absolute Gasteiger partial charge is 0.508 e. The summed E-state index contributed by atoms with van der Waals surface area (Å²) in [7, 11) is 2.01. The third kappa shape index (κ3) is 4.69. The molecule has 0 bridgehead atoms. The Labute approximate surface area is 150 Å². The van der Waals surface area contributed by atoms with Gasteiger partial charge in [-0.3, -0.25) is 0 Å². The first-order valence-electron chi connectivity index (χ1n) is 9.25. The molecule has 1 aromatic heterocycles. The van der Waals surface area contributed by atoms with Crippen molar-refractivity contribution in [3.63, 3.8) is 0 Å². The van der Waals surface area contributed by atoms with E-state index in [-0.39, 0.29) is 0 Å². The number of anilines is 1. The number of aromatic nitrogens is 2. The molecular weight excluding hydrogens is 312 g/mol. The molecule has 1 saturated heterocycles. The van der Waals surface area contributed by atoms with Crippen LogP contribution in [0, 0.1) is 0 Å². The van der Waals surface area contributed by atoms with Gasteiger partial charge in [0.25, 0.3) is 0 Å². The second-order valence-corrected chi connectivity index (χ2v) is 6.85. The number of benzene rings is 1. The molecule has 3 rings (SSSR count). The van der Waals surface area contributed by atoms with Crippen molar-refractivity contribution in [3.8, 4) is 17.0 Å². The molecule has 5 heteroatoms. The fourth-order valence-corrected chi connectivity index (χ4v) is 3.35. The van der Waals surface area contributed by atoms with Crippen LogP contribution in [0.25, 0.3) is 11.3 Å². The summed E-state index contributed by atoms with van der Waals surface area (Å²) in [4.78, 5) is 10.8. The fraction of sp³-hybridized carbons (Fsp3) is 0.500. The zero-order chi connectivity index (χ0) is 17.6. The molecule has 0 amide bonds. The lowest BCUT2D eigenvalue weighted by Crippen LogP contribution is -2.34. The lowest BCUT2D eigenvalue weighted by molar-refractivity contribution is 0.382. The van der Waals surface area contributed by atoms with E-state index >= 15 is 0 Å². The molecule has 0 saturated carbocycles. The van der Waals surface area contributed by atoms with Crippen LogP contribution in [0.3, 0.4) is 0 Å². The summed E-state index contributed by atoms with van der Waals surface area (Å²) in [5, 5.41) is 13.7.